The van der Waals surface area contributed by atoms with Crippen molar-refractivity contribution < 1.29 is 38.2 Å². The number of carbonyl (C=O) groups excluding carboxylic acids is 5. The summed E-state index contributed by atoms with van der Waals surface area (Å²) >= 11 is 0. The SMILES string of the molecule is CCC(Oc1ccc(C(C)(C)CC)cc1C(C)(C)CC)C(=O)Nc1ccc(OC)c(NC(=O)C(C(=O)C(C)(C)C)N2C(=O)OC(C)(C)C2=O)c1. The monoisotopic (exact) mass is 693 g/mol. The molecule has 0 radical (unpaired) electrons. The van der Waals surface area contributed by atoms with E-state index in [9.17, 15) is 24.0 Å². The second-order valence-corrected chi connectivity index (χ2v) is 15.7. The molecule has 2 aromatic carbocycles. The molecule has 1 aliphatic rings. The average Bonchev–Trinajstić information content (AvgIpc) is 3.24. The summed E-state index contributed by atoms with van der Waals surface area (Å²) in [5, 5.41) is 5.52. The molecule has 1 aliphatic heterocycles. The lowest BCUT2D eigenvalue weighted by atomic mass is 9.76. The molecule has 0 saturated carbocycles. The standard InChI is InChI=1S/C39H55N3O8/c1-14-27(49-28-19-17-23(37(7,8)15-2)21-25(28)38(9,10)16-3)32(44)40-24-18-20-29(48-13)26(22-24)41-33(45)30(31(43)36(4,5)6)42-34(46)39(11,12)50-35(42)47/h17-22,27,30H,14-16H2,1-13H3,(H,40,44)(H,41,45). The van der Waals surface area contributed by atoms with Gasteiger partial charge >= 0.3 is 6.09 Å². The number of nitrogens with zero attached hydrogens (tertiary/aromatic N) is 1. The van der Waals surface area contributed by atoms with Crippen molar-refractivity contribution in [2.75, 3.05) is 17.7 Å². The summed E-state index contributed by atoms with van der Waals surface area (Å²) in [6.45, 7) is 22.4. The minimum atomic E-state index is -1.81. The Morgan fingerprint density at radius 3 is 1.94 bits per heavy atom. The molecule has 0 bridgehead atoms. The Kier molecular flexibility index (Phi) is 11.9. The number of anilines is 2. The Hall–Kier alpha value is -4.41. The van der Waals surface area contributed by atoms with Crippen LogP contribution in [0.4, 0.5) is 16.2 Å². The molecule has 2 unspecified atom stereocenters. The summed E-state index contributed by atoms with van der Waals surface area (Å²) in [5.74, 6) is -1.95. The second kappa shape index (κ2) is 14.8. The average molecular weight is 694 g/mol. The number of imide groups is 1. The maximum Gasteiger partial charge on any atom is 0.418 e. The van der Waals surface area contributed by atoms with Gasteiger partial charge in [0.2, 0.25) is 0 Å². The van der Waals surface area contributed by atoms with E-state index < -0.39 is 52.8 Å². The molecule has 11 nitrogen and oxygen atoms in total. The number of ketones is 1. The topological polar surface area (TPSA) is 140 Å². The van der Waals surface area contributed by atoms with Gasteiger partial charge in [-0.1, -0.05) is 81.4 Å². The summed E-state index contributed by atoms with van der Waals surface area (Å²) in [6.07, 6.45) is 0.294. The highest BCUT2D eigenvalue weighted by Crippen LogP contribution is 2.39. The van der Waals surface area contributed by atoms with Crippen LogP contribution in [-0.2, 0) is 34.7 Å². The smallest absolute Gasteiger partial charge is 0.418 e. The van der Waals surface area contributed by atoms with E-state index in [1.807, 2.05) is 13.0 Å². The van der Waals surface area contributed by atoms with Gasteiger partial charge in [0.05, 0.1) is 12.8 Å². The molecule has 274 valence electrons. The quantitative estimate of drug-likeness (QED) is 0.193. The molecular formula is C39H55N3O8. The third-order valence-corrected chi connectivity index (χ3v) is 9.68. The fourth-order valence-corrected chi connectivity index (χ4v) is 5.43. The maximum atomic E-state index is 13.8. The molecule has 1 saturated heterocycles. The maximum absolute atomic E-state index is 13.8. The number of carbonyl (C=O) groups is 5. The van der Waals surface area contributed by atoms with Crippen LogP contribution in [0.3, 0.4) is 0 Å². The van der Waals surface area contributed by atoms with Crippen LogP contribution in [0.5, 0.6) is 11.5 Å². The van der Waals surface area contributed by atoms with Gasteiger partial charge in [0, 0.05) is 16.7 Å². The first-order chi connectivity index (χ1) is 23.0. The molecule has 2 atom stereocenters. The molecular weight excluding hydrogens is 638 g/mol. The van der Waals surface area contributed by atoms with Crippen LogP contribution in [0.15, 0.2) is 36.4 Å². The molecule has 0 spiro atoms. The van der Waals surface area contributed by atoms with Gasteiger partial charge in [-0.05, 0) is 73.8 Å². The molecule has 2 N–H and O–H groups in total. The van der Waals surface area contributed by atoms with Crippen LogP contribution >= 0.6 is 0 Å². The van der Waals surface area contributed by atoms with Gasteiger partial charge in [-0.3, -0.25) is 19.2 Å². The number of hydrogen-bond donors (Lipinski definition) is 2. The van der Waals surface area contributed by atoms with Gasteiger partial charge in [-0.2, -0.15) is 0 Å². The van der Waals surface area contributed by atoms with Gasteiger partial charge < -0.3 is 24.8 Å². The minimum Gasteiger partial charge on any atom is -0.495 e. The van der Waals surface area contributed by atoms with Crippen molar-refractivity contribution in [3.8, 4) is 11.5 Å². The van der Waals surface area contributed by atoms with E-state index in [1.165, 1.54) is 32.6 Å². The number of benzene rings is 2. The third-order valence-electron chi connectivity index (χ3n) is 9.68. The summed E-state index contributed by atoms with van der Waals surface area (Å²) in [7, 11) is 1.40. The fourth-order valence-electron chi connectivity index (χ4n) is 5.43. The highest BCUT2D eigenvalue weighted by molar-refractivity contribution is 6.19. The van der Waals surface area contributed by atoms with Crippen molar-refractivity contribution >= 4 is 41.0 Å². The highest BCUT2D eigenvalue weighted by atomic mass is 16.6. The molecule has 0 aromatic heterocycles. The number of nitrogens with one attached hydrogen (secondary N) is 2. The summed E-state index contributed by atoms with van der Waals surface area (Å²) in [4.78, 5) is 67.5. The van der Waals surface area contributed by atoms with Crippen LogP contribution in [-0.4, -0.2) is 59.4 Å². The molecule has 4 amide bonds. The molecule has 3 rings (SSSR count). The van der Waals surface area contributed by atoms with Gasteiger partial charge in [0.25, 0.3) is 17.7 Å². The first-order valence-corrected chi connectivity index (χ1v) is 17.3. The number of ether oxygens (including phenoxy) is 3. The van der Waals surface area contributed by atoms with Crippen molar-refractivity contribution in [1.29, 1.82) is 0 Å². The molecule has 50 heavy (non-hydrogen) atoms. The van der Waals surface area contributed by atoms with Crippen molar-refractivity contribution in [1.82, 2.24) is 4.90 Å². The van der Waals surface area contributed by atoms with E-state index in [0.717, 1.165) is 18.4 Å². The summed E-state index contributed by atoms with van der Waals surface area (Å²) < 4.78 is 17.0. The second-order valence-electron chi connectivity index (χ2n) is 15.7. The Bertz CT molecular complexity index is 1640. The minimum absolute atomic E-state index is 0.0237. The molecule has 1 fully saturated rings. The molecule has 11 heteroatoms. The lowest BCUT2D eigenvalue weighted by Crippen LogP contribution is -2.55. The number of amides is 4. The van der Waals surface area contributed by atoms with E-state index in [1.54, 1.807) is 32.9 Å². The van der Waals surface area contributed by atoms with Gasteiger partial charge in [0.1, 0.15) is 11.5 Å². The fraction of sp³-hybridized carbons (Fsp3) is 0.564. The number of methoxy groups -OCH3 is 1. The molecule has 1 heterocycles. The van der Waals surface area contributed by atoms with E-state index in [-0.39, 0.29) is 22.3 Å². The number of rotatable bonds is 14. The van der Waals surface area contributed by atoms with Crippen molar-refractivity contribution in [2.45, 2.75) is 131 Å². The van der Waals surface area contributed by atoms with Gasteiger partial charge in [0.15, 0.2) is 23.5 Å². The zero-order chi connectivity index (χ0) is 38.0. The zero-order valence-electron chi connectivity index (χ0n) is 32.0. The lowest BCUT2D eigenvalue weighted by molar-refractivity contribution is -0.145. The number of cyclic esters (lactones) is 1. The van der Waals surface area contributed by atoms with Crippen LogP contribution in [0.1, 0.15) is 113 Å². The zero-order valence-corrected chi connectivity index (χ0v) is 32.0. The van der Waals surface area contributed by atoms with E-state index in [2.05, 4.69) is 64.3 Å². The van der Waals surface area contributed by atoms with Crippen LogP contribution < -0.4 is 20.1 Å². The largest absolute Gasteiger partial charge is 0.495 e. The predicted molar refractivity (Wildman–Crippen MR) is 194 cm³/mol. The summed E-state index contributed by atoms with van der Waals surface area (Å²) in [6, 6.07) is 9.02. The van der Waals surface area contributed by atoms with Crippen LogP contribution in [0, 0.1) is 5.41 Å². The van der Waals surface area contributed by atoms with E-state index >= 15 is 0 Å². The van der Waals surface area contributed by atoms with Crippen molar-refractivity contribution in [2.24, 2.45) is 5.41 Å². The third kappa shape index (κ3) is 8.47. The Balaban J connectivity index is 1.93. The molecule has 2 aromatic rings. The first kappa shape index (κ1) is 40.0. The van der Waals surface area contributed by atoms with E-state index in [0.29, 0.717) is 22.8 Å². The summed E-state index contributed by atoms with van der Waals surface area (Å²) in [5.41, 5.74) is -0.207. The highest BCUT2D eigenvalue weighted by Gasteiger charge is 2.55. The van der Waals surface area contributed by atoms with Crippen molar-refractivity contribution in [3.63, 3.8) is 0 Å². The first-order valence-electron chi connectivity index (χ1n) is 17.3. The Morgan fingerprint density at radius 2 is 1.44 bits per heavy atom. The Morgan fingerprint density at radius 1 is 0.840 bits per heavy atom. The molecule has 0 aliphatic carbocycles. The lowest BCUT2D eigenvalue weighted by Gasteiger charge is -2.31. The number of hydrogen-bond acceptors (Lipinski definition) is 8. The van der Waals surface area contributed by atoms with Crippen LogP contribution in [0.2, 0.25) is 0 Å². The van der Waals surface area contributed by atoms with Crippen molar-refractivity contribution in [3.05, 3.63) is 47.5 Å². The predicted octanol–water partition coefficient (Wildman–Crippen LogP) is 7.55. The van der Waals surface area contributed by atoms with Gasteiger partial charge in [-0.15, -0.1) is 0 Å². The Labute approximate surface area is 296 Å². The normalized spacial score (nSPS) is 16.0. The van der Waals surface area contributed by atoms with Gasteiger partial charge in [-0.25, -0.2) is 9.69 Å². The number of Topliss-reactive ketones (excluding diaryl/α,β-unsaturated/α-hetero) is 1. The van der Waals surface area contributed by atoms with E-state index in [4.69, 9.17) is 14.2 Å². The van der Waals surface area contributed by atoms with Crippen LogP contribution in [0.25, 0.3) is 0 Å².